The van der Waals surface area contributed by atoms with Crippen LogP contribution in [-0.4, -0.2) is 24.0 Å². The number of nitrogens with zero attached hydrogens (tertiary/aromatic N) is 1. The zero-order chi connectivity index (χ0) is 12.0. The predicted molar refractivity (Wildman–Crippen MR) is 65.6 cm³/mol. The summed E-state index contributed by atoms with van der Waals surface area (Å²) in [6.45, 7) is 6.59. The summed E-state index contributed by atoms with van der Waals surface area (Å²) in [5.74, 6) is -0.172. The molecule has 2 nitrogen and oxygen atoms in total. The molecule has 0 aliphatic rings. The molecule has 3 heteroatoms. The molecule has 0 bridgehead atoms. The summed E-state index contributed by atoms with van der Waals surface area (Å²) in [4.78, 5) is 2.29. The van der Waals surface area contributed by atoms with Gasteiger partial charge >= 0.3 is 0 Å². The van der Waals surface area contributed by atoms with Crippen LogP contribution < -0.4 is 5.73 Å². The van der Waals surface area contributed by atoms with Crippen LogP contribution in [0.15, 0.2) is 24.3 Å². The summed E-state index contributed by atoms with van der Waals surface area (Å²) in [5.41, 5.74) is 6.60. The average Bonchev–Trinajstić information content (AvgIpc) is 2.27. The highest BCUT2D eigenvalue weighted by Gasteiger charge is 2.11. The van der Waals surface area contributed by atoms with Gasteiger partial charge in [0.1, 0.15) is 5.82 Å². The summed E-state index contributed by atoms with van der Waals surface area (Å²) in [5, 5.41) is 0. The molecule has 1 aromatic rings. The van der Waals surface area contributed by atoms with Crippen LogP contribution in [-0.2, 0) is 6.54 Å². The monoisotopic (exact) mass is 224 g/mol. The lowest BCUT2D eigenvalue weighted by Crippen LogP contribution is -2.36. The van der Waals surface area contributed by atoms with Gasteiger partial charge in [-0.1, -0.05) is 19.1 Å². The van der Waals surface area contributed by atoms with E-state index in [2.05, 4.69) is 18.7 Å². The standard InChI is InChI=1S/C13H21FN2/c1-3-11(2)16(8-7-15)10-12-5-4-6-13(14)9-12/h4-6,9,11H,3,7-8,10,15H2,1-2H3. The summed E-state index contributed by atoms with van der Waals surface area (Å²) in [6, 6.07) is 7.25. The maximum absolute atomic E-state index is 13.0. The molecule has 16 heavy (non-hydrogen) atoms. The van der Waals surface area contributed by atoms with Crippen molar-refractivity contribution in [2.24, 2.45) is 5.73 Å². The molecule has 1 rings (SSSR count). The molecule has 0 saturated carbocycles. The fraction of sp³-hybridized carbons (Fsp3) is 0.538. The Morgan fingerprint density at radius 1 is 1.44 bits per heavy atom. The van der Waals surface area contributed by atoms with Crippen molar-refractivity contribution < 1.29 is 4.39 Å². The van der Waals surface area contributed by atoms with Crippen molar-refractivity contribution in [1.29, 1.82) is 0 Å². The van der Waals surface area contributed by atoms with Crippen LogP contribution in [0.1, 0.15) is 25.8 Å². The highest BCUT2D eigenvalue weighted by molar-refractivity contribution is 5.16. The minimum atomic E-state index is -0.172. The van der Waals surface area contributed by atoms with E-state index >= 15 is 0 Å². The van der Waals surface area contributed by atoms with Crippen molar-refractivity contribution in [2.45, 2.75) is 32.9 Å². The van der Waals surface area contributed by atoms with E-state index in [-0.39, 0.29) is 5.82 Å². The molecule has 0 aromatic heterocycles. The van der Waals surface area contributed by atoms with Crippen molar-refractivity contribution in [1.82, 2.24) is 4.90 Å². The average molecular weight is 224 g/mol. The molecule has 0 saturated heterocycles. The first-order chi connectivity index (χ1) is 7.67. The fourth-order valence-electron chi connectivity index (χ4n) is 1.75. The molecule has 0 spiro atoms. The smallest absolute Gasteiger partial charge is 0.123 e. The second-order valence-corrected chi connectivity index (χ2v) is 4.15. The molecule has 0 aliphatic heterocycles. The molecule has 1 atom stereocenters. The van der Waals surface area contributed by atoms with Gasteiger partial charge in [0.15, 0.2) is 0 Å². The minimum absolute atomic E-state index is 0.172. The molecule has 90 valence electrons. The third-order valence-corrected chi connectivity index (χ3v) is 2.91. The SMILES string of the molecule is CCC(C)N(CCN)Cc1cccc(F)c1. The predicted octanol–water partition coefficient (Wildman–Crippen LogP) is 2.38. The van der Waals surface area contributed by atoms with Gasteiger partial charge in [-0.15, -0.1) is 0 Å². The van der Waals surface area contributed by atoms with E-state index < -0.39 is 0 Å². The van der Waals surface area contributed by atoms with Gasteiger partial charge in [0.25, 0.3) is 0 Å². The van der Waals surface area contributed by atoms with Crippen LogP contribution in [0.2, 0.25) is 0 Å². The number of benzene rings is 1. The summed E-state index contributed by atoms with van der Waals surface area (Å²) in [6.07, 6.45) is 1.08. The Bertz CT molecular complexity index is 315. The van der Waals surface area contributed by atoms with E-state index in [0.29, 0.717) is 12.6 Å². The second kappa shape index (κ2) is 6.61. The molecule has 0 radical (unpaired) electrons. The highest BCUT2D eigenvalue weighted by Crippen LogP contribution is 2.11. The first-order valence-corrected chi connectivity index (χ1v) is 5.86. The summed E-state index contributed by atoms with van der Waals surface area (Å²) in [7, 11) is 0. The molecule has 1 unspecified atom stereocenters. The van der Waals surface area contributed by atoms with Crippen molar-refractivity contribution in [3.8, 4) is 0 Å². The zero-order valence-corrected chi connectivity index (χ0v) is 10.1. The van der Waals surface area contributed by atoms with E-state index in [1.165, 1.54) is 6.07 Å². The van der Waals surface area contributed by atoms with Crippen LogP contribution in [0, 0.1) is 5.82 Å². The van der Waals surface area contributed by atoms with Gasteiger partial charge in [-0.05, 0) is 31.0 Å². The van der Waals surface area contributed by atoms with E-state index in [9.17, 15) is 4.39 Å². The quantitative estimate of drug-likeness (QED) is 0.804. The highest BCUT2D eigenvalue weighted by atomic mass is 19.1. The van der Waals surface area contributed by atoms with Crippen LogP contribution >= 0.6 is 0 Å². The first-order valence-electron chi connectivity index (χ1n) is 5.86. The van der Waals surface area contributed by atoms with Crippen molar-refractivity contribution in [2.75, 3.05) is 13.1 Å². The Morgan fingerprint density at radius 3 is 2.75 bits per heavy atom. The maximum atomic E-state index is 13.0. The molecular formula is C13H21FN2. The lowest BCUT2D eigenvalue weighted by atomic mass is 10.1. The number of hydrogen-bond acceptors (Lipinski definition) is 2. The Balaban J connectivity index is 2.67. The normalized spacial score (nSPS) is 13.1. The van der Waals surface area contributed by atoms with Crippen molar-refractivity contribution in [3.05, 3.63) is 35.6 Å². The van der Waals surface area contributed by atoms with Gasteiger partial charge in [-0.3, -0.25) is 4.90 Å². The Hall–Kier alpha value is -0.930. The number of rotatable bonds is 6. The molecule has 0 amide bonds. The summed E-state index contributed by atoms with van der Waals surface area (Å²) >= 11 is 0. The van der Waals surface area contributed by atoms with Crippen LogP contribution in [0.5, 0.6) is 0 Å². The van der Waals surface area contributed by atoms with Gasteiger partial charge < -0.3 is 5.73 Å². The largest absolute Gasteiger partial charge is 0.329 e. The van der Waals surface area contributed by atoms with E-state index in [1.807, 2.05) is 6.07 Å². The Morgan fingerprint density at radius 2 is 2.19 bits per heavy atom. The lowest BCUT2D eigenvalue weighted by Gasteiger charge is -2.27. The van der Waals surface area contributed by atoms with Gasteiger partial charge in [0.05, 0.1) is 0 Å². The fourth-order valence-corrected chi connectivity index (χ4v) is 1.75. The number of halogens is 1. The third-order valence-electron chi connectivity index (χ3n) is 2.91. The second-order valence-electron chi connectivity index (χ2n) is 4.15. The van der Waals surface area contributed by atoms with Crippen LogP contribution in [0.4, 0.5) is 4.39 Å². The van der Waals surface area contributed by atoms with Gasteiger partial charge in [-0.25, -0.2) is 4.39 Å². The van der Waals surface area contributed by atoms with E-state index in [0.717, 1.165) is 25.1 Å². The van der Waals surface area contributed by atoms with Crippen LogP contribution in [0.3, 0.4) is 0 Å². The third kappa shape index (κ3) is 3.91. The molecule has 0 heterocycles. The minimum Gasteiger partial charge on any atom is -0.329 e. The van der Waals surface area contributed by atoms with Gasteiger partial charge in [0.2, 0.25) is 0 Å². The molecular weight excluding hydrogens is 203 g/mol. The van der Waals surface area contributed by atoms with Crippen molar-refractivity contribution >= 4 is 0 Å². The summed E-state index contributed by atoms with van der Waals surface area (Å²) < 4.78 is 13.0. The Kier molecular flexibility index (Phi) is 5.43. The number of nitrogens with two attached hydrogens (primary N) is 1. The Labute approximate surface area is 97.3 Å². The van der Waals surface area contributed by atoms with E-state index in [1.54, 1.807) is 12.1 Å². The lowest BCUT2D eigenvalue weighted by molar-refractivity contribution is 0.201. The van der Waals surface area contributed by atoms with Gasteiger partial charge in [0, 0.05) is 25.7 Å². The van der Waals surface area contributed by atoms with E-state index in [4.69, 9.17) is 5.73 Å². The molecule has 1 aromatic carbocycles. The van der Waals surface area contributed by atoms with Crippen molar-refractivity contribution in [3.63, 3.8) is 0 Å². The van der Waals surface area contributed by atoms with Gasteiger partial charge in [-0.2, -0.15) is 0 Å². The molecule has 0 aliphatic carbocycles. The van der Waals surface area contributed by atoms with Crippen LogP contribution in [0.25, 0.3) is 0 Å². The topological polar surface area (TPSA) is 29.3 Å². The zero-order valence-electron chi connectivity index (χ0n) is 10.1. The maximum Gasteiger partial charge on any atom is 0.123 e. The molecule has 0 fully saturated rings. The molecule has 2 N–H and O–H groups in total. The first kappa shape index (κ1) is 13.1. The number of hydrogen-bond donors (Lipinski definition) is 1.